The van der Waals surface area contributed by atoms with Gasteiger partial charge in [0.2, 0.25) is 17.7 Å². The molecule has 3 aliphatic heterocycles. The molecule has 5 atom stereocenters. The van der Waals surface area contributed by atoms with Crippen molar-refractivity contribution in [3.05, 3.63) is 42.0 Å². The van der Waals surface area contributed by atoms with E-state index in [1.807, 2.05) is 43.3 Å². The van der Waals surface area contributed by atoms with Crippen LogP contribution in [0.1, 0.15) is 57.9 Å². The molecule has 1 aliphatic carbocycles. The second kappa shape index (κ2) is 9.41. The molecule has 3 amide bonds. The largest absolute Gasteiger partial charge is 0.359 e. The van der Waals surface area contributed by atoms with Crippen molar-refractivity contribution < 1.29 is 19.1 Å². The third kappa shape index (κ3) is 4.28. The van der Waals surface area contributed by atoms with Crippen LogP contribution in [0.2, 0.25) is 0 Å². The molecule has 1 aromatic rings. The van der Waals surface area contributed by atoms with E-state index in [0.717, 1.165) is 37.7 Å². The van der Waals surface area contributed by atoms with Gasteiger partial charge in [-0.1, -0.05) is 63.0 Å². The summed E-state index contributed by atoms with van der Waals surface area (Å²) in [6.07, 6.45) is 9.39. The van der Waals surface area contributed by atoms with E-state index in [9.17, 15) is 14.4 Å². The Hall–Kier alpha value is -2.67. The fourth-order valence-corrected chi connectivity index (χ4v) is 6.29. The molecule has 0 unspecified atom stereocenters. The minimum absolute atomic E-state index is 0.136. The molecule has 2 saturated heterocycles. The van der Waals surface area contributed by atoms with Crippen LogP contribution in [0.25, 0.3) is 0 Å². The fourth-order valence-electron chi connectivity index (χ4n) is 6.29. The summed E-state index contributed by atoms with van der Waals surface area (Å²) in [4.78, 5) is 42.7. The van der Waals surface area contributed by atoms with Crippen LogP contribution in [0.4, 0.5) is 5.69 Å². The van der Waals surface area contributed by atoms with Gasteiger partial charge in [-0.2, -0.15) is 0 Å². The zero-order valence-electron chi connectivity index (χ0n) is 21.0. The third-order valence-corrected chi connectivity index (χ3v) is 8.14. The van der Waals surface area contributed by atoms with Gasteiger partial charge >= 0.3 is 0 Å². The lowest BCUT2D eigenvalue weighted by atomic mass is 9.74. The lowest BCUT2D eigenvalue weighted by Gasteiger charge is -2.34. The highest BCUT2D eigenvalue weighted by atomic mass is 16.5. The molecule has 4 aliphatic rings. The number of hydrogen-bond acceptors (Lipinski definition) is 4. The molecular formula is C28H37N3O4. The zero-order chi connectivity index (χ0) is 24.7. The Labute approximate surface area is 207 Å². The Morgan fingerprint density at radius 3 is 2.51 bits per heavy atom. The Bertz CT molecular complexity index is 1010. The first kappa shape index (κ1) is 24.0. The number of nitrogens with one attached hydrogen (secondary N) is 2. The molecule has 2 bridgehead atoms. The number of fused-ring (bicyclic) bond motifs is 1. The molecule has 188 valence electrons. The molecule has 3 fully saturated rings. The second-order valence-corrected chi connectivity index (χ2v) is 11.1. The van der Waals surface area contributed by atoms with Gasteiger partial charge in [-0.05, 0) is 44.2 Å². The van der Waals surface area contributed by atoms with Crippen LogP contribution >= 0.6 is 0 Å². The Balaban J connectivity index is 1.42. The number of anilines is 1. The molecule has 1 spiro atoms. The second-order valence-electron chi connectivity index (χ2n) is 11.1. The molecule has 5 rings (SSSR count). The average Bonchev–Trinajstić information content (AvgIpc) is 3.47. The molecule has 7 heteroatoms. The molecule has 3 heterocycles. The maximum atomic E-state index is 13.9. The van der Waals surface area contributed by atoms with Gasteiger partial charge in [-0.15, -0.1) is 0 Å². The number of ether oxygens (including phenoxy) is 1. The molecule has 35 heavy (non-hydrogen) atoms. The van der Waals surface area contributed by atoms with Gasteiger partial charge in [-0.3, -0.25) is 14.4 Å². The summed E-state index contributed by atoms with van der Waals surface area (Å²) < 4.78 is 6.41. The lowest BCUT2D eigenvalue weighted by Crippen LogP contribution is -2.56. The molecule has 1 aromatic carbocycles. The number of benzene rings is 1. The van der Waals surface area contributed by atoms with Crippen LogP contribution in [0.3, 0.4) is 0 Å². The van der Waals surface area contributed by atoms with Gasteiger partial charge in [0, 0.05) is 18.3 Å². The van der Waals surface area contributed by atoms with E-state index < -0.39 is 29.6 Å². The van der Waals surface area contributed by atoms with E-state index in [4.69, 9.17) is 4.74 Å². The first-order valence-corrected chi connectivity index (χ1v) is 13.2. The smallest absolute Gasteiger partial charge is 0.246 e. The molecule has 0 aromatic heterocycles. The van der Waals surface area contributed by atoms with Crippen LogP contribution < -0.4 is 10.6 Å². The van der Waals surface area contributed by atoms with E-state index >= 15 is 0 Å². The van der Waals surface area contributed by atoms with Gasteiger partial charge < -0.3 is 20.3 Å². The highest BCUT2D eigenvalue weighted by Gasteiger charge is 2.72. The number of carbonyl (C=O) groups excluding carboxylic acids is 3. The van der Waals surface area contributed by atoms with Crippen LogP contribution in [0.5, 0.6) is 0 Å². The number of likely N-dealkylation sites (tertiary alicyclic amines) is 1. The number of nitrogens with zero attached hydrogens (tertiary/aromatic N) is 1. The van der Waals surface area contributed by atoms with Crippen LogP contribution in [-0.4, -0.2) is 53.0 Å². The van der Waals surface area contributed by atoms with E-state index in [2.05, 4.69) is 24.5 Å². The Morgan fingerprint density at radius 1 is 1.11 bits per heavy atom. The van der Waals surface area contributed by atoms with E-state index in [1.54, 1.807) is 4.90 Å². The van der Waals surface area contributed by atoms with Gasteiger partial charge in [-0.25, -0.2) is 0 Å². The van der Waals surface area contributed by atoms with Crippen molar-refractivity contribution in [2.24, 2.45) is 17.8 Å². The summed E-state index contributed by atoms with van der Waals surface area (Å²) in [7, 11) is 0. The van der Waals surface area contributed by atoms with Crippen LogP contribution in [0, 0.1) is 24.7 Å². The number of carbonyl (C=O) groups is 3. The average molecular weight is 480 g/mol. The standard InChI is InChI=1S/C28H37N3O4/c1-17(2)14-16-31-24(26(33)30-19-7-5-4-6-8-19)28-15-13-21(35-28)22(23(28)27(31)34)25(32)29-20-11-9-18(3)10-12-20/h9-13,15,17,19,21-24H,4-8,14,16H2,1-3H3,(H,29,32)(H,30,33)/t21-,22+,23-,24-,28-/m1/s1. The van der Waals surface area contributed by atoms with Gasteiger partial charge in [0.15, 0.2) is 0 Å². The monoisotopic (exact) mass is 479 g/mol. The fraction of sp³-hybridized carbons (Fsp3) is 0.607. The van der Waals surface area contributed by atoms with Crippen molar-refractivity contribution in [1.29, 1.82) is 0 Å². The summed E-state index contributed by atoms with van der Waals surface area (Å²) in [6.45, 7) is 6.68. The Morgan fingerprint density at radius 2 is 1.83 bits per heavy atom. The number of rotatable bonds is 7. The van der Waals surface area contributed by atoms with Crippen molar-refractivity contribution in [3.8, 4) is 0 Å². The molecule has 2 N–H and O–H groups in total. The first-order chi connectivity index (χ1) is 16.8. The summed E-state index contributed by atoms with van der Waals surface area (Å²) >= 11 is 0. The predicted molar refractivity (Wildman–Crippen MR) is 134 cm³/mol. The number of hydrogen-bond donors (Lipinski definition) is 2. The first-order valence-electron chi connectivity index (χ1n) is 13.2. The molecule has 1 saturated carbocycles. The van der Waals surface area contributed by atoms with Crippen molar-refractivity contribution >= 4 is 23.4 Å². The van der Waals surface area contributed by atoms with E-state index in [-0.39, 0.29) is 23.8 Å². The normalized spacial score (nSPS) is 31.8. The summed E-state index contributed by atoms with van der Waals surface area (Å²) in [5, 5.41) is 6.21. The molecule has 0 radical (unpaired) electrons. The van der Waals surface area contributed by atoms with Crippen molar-refractivity contribution in [2.45, 2.75) is 83.1 Å². The summed E-state index contributed by atoms with van der Waals surface area (Å²) in [5.41, 5.74) is 0.703. The summed E-state index contributed by atoms with van der Waals surface area (Å²) in [6, 6.07) is 6.98. The third-order valence-electron chi connectivity index (χ3n) is 8.14. The topological polar surface area (TPSA) is 87.7 Å². The maximum absolute atomic E-state index is 13.9. The SMILES string of the molecule is Cc1ccc(NC(=O)[C@H]2[C@H]3C=C[C@@]4(O3)[C@H]2C(=O)N(CCC(C)C)[C@@H]4C(=O)NC2CCCCC2)cc1. The number of aryl methyl sites for hydroxylation is 1. The van der Waals surface area contributed by atoms with E-state index in [1.165, 1.54) is 6.42 Å². The highest BCUT2D eigenvalue weighted by Crippen LogP contribution is 2.55. The molecule has 7 nitrogen and oxygen atoms in total. The van der Waals surface area contributed by atoms with Gasteiger partial charge in [0.05, 0.1) is 17.9 Å². The predicted octanol–water partition coefficient (Wildman–Crippen LogP) is 3.58. The zero-order valence-corrected chi connectivity index (χ0v) is 21.0. The van der Waals surface area contributed by atoms with Gasteiger partial charge in [0.25, 0.3) is 0 Å². The minimum atomic E-state index is -1.09. The van der Waals surface area contributed by atoms with E-state index in [0.29, 0.717) is 18.2 Å². The van der Waals surface area contributed by atoms with Crippen LogP contribution in [0.15, 0.2) is 36.4 Å². The van der Waals surface area contributed by atoms with Crippen LogP contribution in [-0.2, 0) is 19.1 Å². The lowest BCUT2D eigenvalue weighted by molar-refractivity contribution is -0.141. The quantitative estimate of drug-likeness (QED) is 0.585. The van der Waals surface area contributed by atoms with Crippen molar-refractivity contribution in [2.75, 3.05) is 11.9 Å². The van der Waals surface area contributed by atoms with Crippen molar-refractivity contribution in [1.82, 2.24) is 10.2 Å². The maximum Gasteiger partial charge on any atom is 0.246 e. The highest BCUT2D eigenvalue weighted by molar-refractivity contribution is 6.02. The summed E-state index contributed by atoms with van der Waals surface area (Å²) in [5.74, 6) is -1.51. The number of amides is 3. The molecular weight excluding hydrogens is 442 g/mol. The van der Waals surface area contributed by atoms with Gasteiger partial charge in [0.1, 0.15) is 11.6 Å². The van der Waals surface area contributed by atoms with Crippen molar-refractivity contribution in [3.63, 3.8) is 0 Å². The minimum Gasteiger partial charge on any atom is -0.359 e. The Kier molecular flexibility index (Phi) is 6.47.